The van der Waals surface area contributed by atoms with Gasteiger partial charge in [-0.15, -0.1) is 13.0 Å². The Labute approximate surface area is 138 Å². The third-order valence-electron chi connectivity index (χ3n) is 4.56. The van der Waals surface area contributed by atoms with Crippen LogP contribution in [0.4, 0.5) is 0 Å². The van der Waals surface area contributed by atoms with Crippen molar-refractivity contribution in [2.24, 2.45) is 0 Å². The highest BCUT2D eigenvalue weighted by Crippen LogP contribution is 2.43. The zero-order chi connectivity index (χ0) is 16.9. The lowest BCUT2D eigenvalue weighted by Crippen LogP contribution is -2.50. The number of benzene rings is 1. The number of nitrogens with zero attached hydrogens (tertiary/aromatic N) is 1. The number of terminal acetylenes is 1. The van der Waals surface area contributed by atoms with Gasteiger partial charge in [0.25, 0.3) is 0 Å². The lowest BCUT2D eigenvalue weighted by atomic mass is 9.77. The van der Waals surface area contributed by atoms with Gasteiger partial charge < -0.3 is 14.6 Å². The monoisotopic (exact) mass is 315 g/mol. The lowest BCUT2D eigenvalue weighted by Gasteiger charge is -2.45. The maximum atomic E-state index is 9.43. The van der Waals surface area contributed by atoms with E-state index in [9.17, 15) is 5.11 Å². The van der Waals surface area contributed by atoms with Gasteiger partial charge in [0, 0.05) is 13.1 Å². The number of rotatable bonds is 7. The molecule has 1 aliphatic rings. The van der Waals surface area contributed by atoms with E-state index >= 15 is 0 Å². The van der Waals surface area contributed by atoms with Gasteiger partial charge in [-0.1, -0.05) is 12.0 Å². The van der Waals surface area contributed by atoms with Gasteiger partial charge in [0.2, 0.25) is 0 Å². The molecule has 0 aromatic heterocycles. The van der Waals surface area contributed by atoms with E-state index in [0.717, 1.165) is 37.1 Å². The summed E-state index contributed by atoms with van der Waals surface area (Å²) < 4.78 is 10.9. The largest absolute Gasteiger partial charge is 0.493 e. The molecule has 0 aliphatic carbocycles. The summed E-state index contributed by atoms with van der Waals surface area (Å²) in [5.41, 5.74) is 1.70. The highest BCUT2D eigenvalue weighted by Gasteiger charge is 2.41. The maximum absolute atomic E-state index is 9.43. The molecule has 0 radical (unpaired) electrons. The summed E-state index contributed by atoms with van der Waals surface area (Å²) in [7, 11) is 3.26. The van der Waals surface area contributed by atoms with Gasteiger partial charge in [-0.05, 0) is 42.5 Å². The van der Waals surface area contributed by atoms with Crippen LogP contribution in [0.25, 0.3) is 0 Å². The quantitative estimate of drug-likeness (QED) is 0.619. The highest BCUT2D eigenvalue weighted by molar-refractivity contribution is 5.53. The van der Waals surface area contributed by atoms with Crippen LogP contribution in [-0.2, 0) is 12.0 Å². The normalized spacial score (nSPS) is 20.4. The number of ether oxygens (including phenoxy) is 2. The molecule has 1 aromatic rings. The molecule has 1 aromatic carbocycles. The van der Waals surface area contributed by atoms with Gasteiger partial charge in [0.05, 0.1) is 20.8 Å². The third kappa shape index (κ3) is 3.08. The summed E-state index contributed by atoms with van der Waals surface area (Å²) in [6, 6.07) is 4.01. The van der Waals surface area contributed by atoms with E-state index in [2.05, 4.69) is 17.4 Å². The molecule has 0 saturated carbocycles. The summed E-state index contributed by atoms with van der Waals surface area (Å²) in [6.45, 7) is 5.26. The topological polar surface area (TPSA) is 41.9 Å². The van der Waals surface area contributed by atoms with E-state index < -0.39 is 5.54 Å². The number of allylic oxidation sites excluding steroid dienone is 1. The molecular formula is C19H25NO3. The van der Waals surface area contributed by atoms with Crippen molar-refractivity contribution in [2.45, 2.75) is 24.8 Å². The number of hydrogen-bond donors (Lipinski definition) is 1. The number of methoxy groups -OCH3 is 2. The molecular weight excluding hydrogens is 290 g/mol. The van der Waals surface area contributed by atoms with Crippen LogP contribution < -0.4 is 9.47 Å². The summed E-state index contributed by atoms with van der Waals surface area (Å²) in [5.74, 6) is 4.40. The fraction of sp³-hybridized carbons (Fsp3) is 0.474. The first-order valence-corrected chi connectivity index (χ1v) is 7.86. The Kier molecular flexibility index (Phi) is 5.70. The predicted octanol–water partition coefficient (Wildman–Crippen LogP) is 2.35. The molecule has 1 aliphatic heterocycles. The van der Waals surface area contributed by atoms with Crippen LogP contribution >= 0.6 is 0 Å². The van der Waals surface area contributed by atoms with Crippen molar-refractivity contribution in [1.82, 2.24) is 4.90 Å². The standard InChI is InChI=1S/C19H25NO3/c1-5-7-9-19(6-2)16-14-18(23-4)17(22-3)13-15(16)8-10-20(19)11-12-21/h2,5,13-14,21H,1,7-12H2,3-4H3. The van der Waals surface area contributed by atoms with E-state index in [1.165, 1.54) is 5.56 Å². The second kappa shape index (κ2) is 7.54. The molecule has 0 saturated heterocycles. The SMILES string of the molecule is C#CC1(CCC=C)c2cc(OC)c(OC)cc2CCN1CCO. The number of hydrogen-bond acceptors (Lipinski definition) is 4. The van der Waals surface area contributed by atoms with Gasteiger partial charge in [-0.25, -0.2) is 0 Å². The Hall–Kier alpha value is -1.96. The van der Waals surface area contributed by atoms with Crippen molar-refractivity contribution >= 4 is 0 Å². The van der Waals surface area contributed by atoms with Gasteiger partial charge >= 0.3 is 0 Å². The zero-order valence-electron chi connectivity index (χ0n) is 14.0. The van der Waals surface area contributed by atoms with Gasteiger partial charge in [0.1, 0.15) is 5.54 Å². The van der Waals surface area contributed by atoms with Crippen molar-refractivity contribution in [2.75, 3.05) is 33.9 Å². The van der Waals surface area contributed by atoms with Crippen LogP contribution in [0.5, 0.6) is 11.5 Å². The fourth-order valence-corrected chi connectivity index (χ4v) is 3.40. The molecule has 1 unspecified atom stereocenters. The minimum absolute atomic E-state index is 0.0835. The van der Waals surface area contributed by atoms with Crippen LogP contribution in [0.3, 0.4) is 0 Å². The maximum Gasteiger partial charge on any atom is 0.161 e. The molecule has 2 rings (SSSR count). The van der Waals surface area contributed by atoms with E-state index in [1.54, 1.807) is 14.2 Å². The third-order valence-corrected chi connectivity index (χ3v) is 4.56. The number of aliphatic hydroxyl groups is 1. The molecule has 4 heteroatoms. The zero-order valence-corrected chi connectivity index (χ0v) is 14.0. The van der Waals surface area contributed by atoms with Crippen molar-refractivity contribution in [3.63, 3.8) is 0 Å². The number of aliphatic hydroxyl groups excluding tert-OH is 1. The summed E-state index contributed by atoms with van der Waals surface area (Å²) in [6.07, 6.45) is 10.3. The van der Waals surface area contributed by atoms with Crippen molar-refractivity contribution in [3.8, 4) is 23.8 Å². The van der Waals surface area contributed by atoms with Crippen LogP contribution in [0.15, 0.2) is 24.8 Å². The minimum Gasteiger partial charge on any atom is -0.493 e. The molecule has 0 bridgehead atoms. The van der Waals surface area contributed by atoms with E-state index in [0.29, 0.717) is 12.3 Å². The van der Waals surface area contributed by atoms with Crippen molar-refractivity contribution in [3.05, 3.63) is 35.9 Å². The summed E-state index contributed by atoms with van der Waals surface area (Å²) >= 11 is 0. The first kappa shape index (κ1) is 17.4. The Balaban J connectivity index is 2.60. The smallest absolute Gasteiger partial charge is 0.161 e. The average molecular weight is 315 g/mol. The van der Waals surface area contributed by atoms with Crippen LogP contribution in [0, 0.1) is 12.3 Å². The fourth-order valence-electron chi connectivity index (χ4n) is 3.40. The second-order valence-corrected chi connectivity index (χ2v) is 5.66. The molecule has 23 heavy (non-hydrogen) atoms. The highest BCUT2D eigenvalue weighted by atomic mass is 16.5. The molecule has 1 heterocycles. The van der Waals surface area contributed by atoms with Crippen molar-refractivity contribution < 1.29 is 14.6 Å². The molecule has 1 N–H and O–H groups in total. The summed E-state index contributed by atoms with van der Waals surface area (Å²) in [5, 5.41) is 9.43. The average Bonchev–Trinajstić information content (AvgIpc) is 2.59. The molecule has 4 nitrogen and oxygen atoms in total. The van der Waals surface area contributed by atoms with E-state index in [4.69, 9.17) is 15.9 Å². The predicted molar refractivity (Wildman–Crippen MR) is 91.9 cm³/mol. The number of fused-ring (bicyclic) bond motifs is 1. The van der Waals surface area contributed by atoms with Gasteiger partial charge in [-0.3, -0.25) is 4.90 Å². The van der Waals surface area contributed by atoms with E-state index in [1.807, 2.05) is 18.2 Å². The van der Waals surface area contributed by atoms with E-state index in [-0.39, 0.29) is 6.61 Å². The molecule has 124 valence electrons. The Morgan fingerprint density at radius 2 is 2.09 bits per heavy atom. The van der Waals surface area contributed by atoms with Gasteiger partial charge in [-0.2, -0.15) is 0 Å². The van der Waals surface area contributed by atoms with Crippen LogP contribution in [0.2, 0.25) is 0 Å². The van der Waals surface area contributed by atoms with Crippen LogP contribution in [-0.4, -0.2) is 43.9 Å². The lowest BCUT2D eigenvalue weighted by molar-refractivity contribution is 0.0905. The first-order chi connectivity index (χ1) is 11.2. The van der Waals surface area contributed by atoms with Crippen molar-refractivity contribution in [1.29, 1.82) is 0 Å². The minimum atomic E-state index is -0.552. The molecule has 0 amide bonds. The molecule has 0 spiro atoms. The molecule has 0 fully saturated rings. The Bertz CT molecular complexity index is 605. The molecule has 1 atom stereocenters. The Morgan fingerprint density at radius 1 is 1.39 bits per heavy atom. The van der Waals surface area contributed by atoms with Crippen LogP contribution in [0.1, 0.15) is 24.0 Å². The Morgan fingerprint density at radius 3 is 2.65 bits per heavy atom. The second-order valence-electron chi connectivity index (χ2n) is 5.66. The summed E-state index contributed by atoms with van der Waals surface area (Å²) in [4.78, 5) is 2.19. The number of β-amino-alcohol motifs (C(OH)–C–C–N with tert-alkyl or cyclic N) is 1. The first-order valence-electron chi connectivity index (χ1n) is 7.86. The van der Waals surface area contributed by atoms with Gasteiger partial charge in [0.15, 0.2) is 11.5 Å².